The Bertz CT molecular complexity index is 543. The molecule has 1 aromatic carbocycles. The van der Waals surface area contributed by atoms with Crippen LogP contribution in [0.2, 0.25) is 0 Å². The van der Waals surface area contributed by atoms with Gasteiger partial charge in [0.15, 0.2) is 0 Å². The molecule has 1 aromatic rings. The number of anilines is 1. The Morgan fingerprint density at radius 3 is 2.09 bits per heavy atom. The van der Waals surface area contributed by atoms with Crippen molar-refractivity contribution < 1.29 is 29.7 Å². The van der Waals surface area contributed by atoms with Gasteiger partial charge in [-0.15, -0.1) is 0 Å². The van der Waals surface area contributed by atoms with Crippen molar-refractivity contribution in [2.45, 2.75) is 31.7 Å². The molecule has 1 rings (SSSR count). The van der Waals surface area contributed by atoms with Gasteiger partial charge in [0.2, 0.25) is 0 Å². The Labute approximate surface area is 126 Å². The SMILES string of the molecule is NN(c1ccc(C(=O)O)cc1)C(CCCCC(=O)O)C(=O)O. The highest BCUT2D eigenvalue weighted by Crippen LogP contribution is 2.18. The molecule has 0 heterocycles. The van der Waals surface area contributed by atoms with Crippen molar-refractivity contribution in [3.63, 3.8) is 0 Å². The van der Waals surface area contributed by atoms with E-state index in [2.05, 4.69) is 0 Å². The highest BCUT2D eigenvalue weighted by molar-refractivity contribution is 5.88. The molecular weight excluding hydrogens is 292 g/mol. The molecule has 8 heteroatoms. The number of hydrogen-bond acceptors (Lipinski definition) is 5. The van der Waals surface area contributed by atoms with Gasteiger partial charge in [-0.3, -0.25) is 9.80 Å². The van der Waals surface area contributed by atoms with Crippen LogP contribution in [-0.2, 0) is 9.59 Å². The van der Waals surface area contributed by atoms with Crippen molar-refractivity contribution in [2.24, 2.45) is 5.84 Å². The normalized spacial score (nSPS) is 11.7. The van der Waals surface area contributed by atoms with E-state index < -0.39 is 23.9 Å². The predicted molar refractivity (Wildman–Crippen MR) is 77.6 cm³/mol. The van der Waals surface area contributed by atoms with Crippen molar-refractivity contribution in [2.75, 3.05) is 5.01 Å². The molecule has 0 aliphatic heterocycles. The second-order valence-corrected chi connectivity index (χ2v) is 4.75. The Morgan fingerprint density at radius 2 is 1.64 bits per heavy atom. The molecule has 8 nitrogen and oxygen atoms in total. The zero-order valence-corrected chi connectivity index (χ0v) is 11.8. The number of unbranched alkanes of at least 4 members (excludes halogenated alkanes) is 1. The maximum atomic E-state index is 11.3. The summed E-state index contributed by atoms with van der Waals surface area (Å²) in [5.74, 6) is 2.66. The highest BCUT2D eigenvalue weighted by atomic mass is 16.4. The van der Waals surface area contributed by atoms with Crippen molar-refractivity contribution in [1.29, 1.82) is 0 Å². The molecule has 0 spiro atoms. The van der Waals surface area contributed by atoms with E-state index in [9.17, 15) is 19.5 Å². The van der Waals surface area contributed by atoms with E-state index in [0.717, 1.165) is 5.01 Å². The number of hydrogen-bond donors (Lipinski definition) is 4. The first-order chi connectivity index (χ1) is 10.3. The topological polar surface area (TPSA) is 141 Å². The van der Waals surface area contributed by atoms with Gasteiger partial charge in [-0.2, -0.15) is 0 Å². The van der Waals surface area contributed by atoms with Crippen molar-refractivity contribution in [3.05, 3.63) is 29.8 Å². The van der Waals surface area contributed by atoms with Crippen molar-refractivity contribution in [3.8, 4) is 0 Å². The number of rotatable bonds is 9. The molecule has 0 saturated carbocycles. The van der Waals surface area contributed by atoms with Gasteiger partial charge in [-0.25, -0.2) is 15.4 Å². The van der Waals surface area contributed by atoms with E-state index in [1.54, 1.807) is 0 Å². The molecule has 120 valence electrons. The fourth-order valence-electron chi connectivity index (χ4n) is 1.95. The summed E-state index contributed by atoms with van der Waals surface area (Å²) in [7, 11) is 0. The van der Waals surface area contributed by atoms with Gasteiger partial charge in [0.25, 0.3) is 0 Å². The van der Waals surface area contributed by atoms with Gasteiger partial charge in [-0.1, -0.05) is 6.42 Å². The van der Waals surface area contributed by atoms with Gasteiger partial charge in [0.05, 0.1) is 11.3 Å². The second-order valence-electron chi connectivity index (χ2n) is 4.75. The Hall–Kier alpha value is -2.61. The second kappa shape index (κ2) is 7.99. The maximum absolute atomic E-state index is 11.3. The summed E-state index contributed by atoms with van der Waals surface area (Å²) in [6.07, 6.45) is 0.944. The first-order valence-corrected chi connectivity index (χ1v) is 6.65. The number of nitrogens with two attached hydrogens (primary N) is 1. The first kappa shape index (κ1) is 17.4. The molecule has 0 fully saturated rings. The number of aliphatic carboxylic acids is 2. The molecular formula is C14H18N2O6. The summed E-state index contributed by atoms with van der Waals surface area (Å²) in [6, 6.07) is 4.51. The van der Waals surface area contributed by atoms with Crippen LogP contribution in [0.5, 0.6) is 0 Å². The summed E-state index contributed by atoms with van der Waals surface area (Å²) in [6.45, 7) is 0. The van der Waals surface area contributed by atoms with Gasteiger partial charge >= 0.3 is 17.9 Å². The van der Waals surface area contributed by atoms with Crippen molar-refractivity contribution >= 4 is 23.6 Å². The summed E-state index contributed by atoms with van der Waals surface area (Å²) in [5.41, 5.74) is 0.445. The van der Waals surface area contributed by atoms with E-state index in [0.29, 0.717) is 18.5 Å². The molecule has 5 N–H and O–H groups in total. The van der Waals surface area contributed by atoms with Crippen LogP contribution in [-0.4, -0.2) is 39.3 Å². The number of hydrazine groups is 1. The van der Waals surface area contributed by atoms with Gasteiger partial charge in [0, 0.05) is 6.42 Å². The lowest BCUT2D eigenvalue weighted by Crippen LogP contribution is -2.46. The minimum absolute atomic E-state index is 0.0236. The van der Waals surface area contributed by atoms with Gasteiger partial charge < -0.3 is 15.3 Å². The van der Waals surface area contributed by atoms with Crippen LogP contribution in [0.4, 0.5) is 5.69 Å². The average molecular weight is 310 g/mol. The number of aromatic carboxylic acids is 1. The van der Waals surface area contributed by atoms with Crippen LogP contribution in [0.1, 0.15) is 36.0 Å². The van der Waals surface area contributed by atoms with Crippen molar-refractivity contribution in [1.82, 2.24) is 0 Å². The molecule has 0 aliphatic rings. The molecule has 0 amide bonds. The minimum Gasteiger partial charge on any atom is -0.481 e. The molecule has 22 heavy (non-hydrogen) atoms. The first-order valence-electron chi connectivity index (χ1n) is 6.65. The zero-order valence-electron chi connectivity index (χ0n) is 11.8. The molecule has 0 bridgehead atoms. The lowest BCUT2D eigenvalue weighted by Gasteiger charge is -2.26. The fraction of sp³-hybridized carbons (Fsp3) is 0.357. The standard InChI is InChI=1S/C14H18N2O6/c15-16(10-7-5-9(6-8-10)13(19)20)11(14(21)22)3-1-2-4-12(17)18/h5-8,11H,1-4,15H2,(H,17,18)(H,19,20)(H,21,22). The monoisotopic (exact) mass is 310 g/mol. The molecule has 0 saturated heterocycles. The molecule has 1 unspecified atom stereocenters. The van der Waals surface area contributed by atoms with Crippen LogP contribution >= 0.6 is 0 Å². The van der Waals surface area contributed by atoms with Crippen LogP contribution < -0.4 is 10.9 Å². The molecule has 0 radical (unpaired) electrons. The molecule has 0 aliphatic carbocycles. The summed E-state index contributed by atoms with van der Waals surface area (Å²) >= 11 is 0. The third-order valence-corrected chi connectivity index (χ3v) is 3.15. The third kappa shape index (κ3) is 5.06. The number of benzene rings is 1. The lowest BCUT2D eigenvalue weighted by molar-refractivity contribution is -0.138. The van der Waals surface area contributed by atoms with E-state index >= 15 is 0 Å². The van der Waals surface area contributed by atoms with Gasteiger partial charge in [-0.05, 0) is 37.1 Å². The summed E-state index contributed by atoms with van der Waals surface area (Å²) in [4.78, 5) is 32.5. The Morgan fingerprint density at radius 1 is 1.05 bits per heavy atom. The van der Waals surface area contributed by atoms with Gasteiger partial charge in [0.1, 0.15) is 6.04 Å². The quantitative estimate of drug-likeness (QED) is 0.302. The van der Waals surface area contributed by atoms with E-state index in [1.165, 1.54) is 24.3 Å². The van der Waals surface area contributed by atoms with E-state index in [-0.39, 0.29) is 18.4 Å². The summed E-state index contributed by atoms with van der Waals surface area (Å²) in [5, 5.41) is 27.6. The smallest absolute Gasteiger partial charge is 0.335 e. The van der Waals surface area contributed by atoms with Crippen LogP contribution in [0, 0.1) is 0 Å². The zero-order chi connectivity index (χ0) is 16.7. The molecule has 1 atom stereocenters. The van der Waals surface area contributed by atoms with Crippen LogP contribution in [0.15, 0.2) is 24.3 Å². The van der Waals surface area contributed by atoms with E-state index in [4.69, 9.17) is 16.1 Å². The highest BCUT2D eigenvalue weighted by Gasteiger charge is 2.23. The summed E-state index contributed by atoms with van der Waals surface area (Å²) < 4.78 is 0. The lowest BCUT2D eigenvalue weighted by atomic mass is 10.1. The number of carboxylic acid groups (broad SMARTS) is 3. The van der Waals surface area contributed by atoms with Crippen LogP contribution in [0.25, 0.3) is 0 Å². The number of nitrogens with zero attached hydrogens (tertiary/aromatic N) is 1. The Kier molecular flexibility index (Phi) is 6.33. The number of carbonyl (C=O) groups is 3. The molecule has 0 aromatic heterocycles. The predicted octanol–water partition coefficient (Wildman–Crippen LogP) is 1.16. The fourth-order valence-corrected chi connectivity index (χ4v) is 1.95. The maximum Gasteiger partial charge on any atom is 0.335 e. The van der Waals surface area contributed by atoms with E-state index in [1.807, 2.05) is 0 Å². The average Bonchev–Trinajstić information content (AvgIpc) is 2.46. The minimum atomic E-state index is -1.12. The largest absolute Gasteiger partial charge is 0.481 e. The third-order valence-electron chi connectivity index (χ3n) is 3.15. The van der Waals surface area contributed by atoms with Crippen LogP contribution in [0.3, 0.4) is 0 Å². The number of carboxylic acids is 3. The Balaban J connectivity index is 2.71.